The zero-order valence-electron chi connectivity index (χ0n) is 36.3. The molecule has 0 aromatic heterocycles. The van der Waals surface area contributed by atoms with E-state index in [1.807, 2.05) is 21.1 Å². The van der Waals surface area contributed by atoms with Crippen LogP contribution in [0.5, 0.6) is 0 Å². The summed E-state index contributed by atoms with van der Waals surface area (Å²) in [4.78, 5) is 35.4. The molecule has 56 heavy (non-hydrogen) atoms. The highest BCUT2D eigenvalue weighted by Gasteiger charge is 2.27. The Morgan fingerprint density at radius 3 is 1.57 bits per heavy atom. The van der Waals surface area contributed by atoms with Crippen LogP contribution >= 0.6 is 7.82 Å². The van der Waals surface area contributed by atoms with Crippen LogP contribution in [0.15, 0.2) is 24.3 Å². The van der Waals surface area contributed by atoms with Gasteiger partial charge in [0.05, 0.1) is 40.0 Å². The molecule has 0 aromatic rings. The van der Waals surface area contributed by atoms with E-state index in [2.05, 4.69) is 38.2 Å². The Morgan fingerprint density at radius 1 is 0.607 bits per heavy atom. The van der Waals surface area contributed by atoms with Gasteiger partial charge in [-0.25, -0.2) is 4.57 Å². The molecule has 12 heteroatoms. The molecule has 0 fully saturated rings. The van der Waals surface area contributed by atoms with E-state index in [0.29, 0.717) is 30.3 Å². The Hall–Kier alpha value is -1.59. The van der Waals surface area contributed by atoms with Crippen LogP contribution in [0.1, 0.15) is 181 Å². The van der Waals surface area contributed by atoms with Gasteiger partial charge in [-0.1, -0.05) is 128 Å². The third-order valence-corrected chi connectivity index (χ3v) is 10.6. The fourth-order valence-corrected chi connectivity index (χ4v) is 6.72. The maximum Gasteiger partial charge on any atom is 0.472 e. The molecule has 0 aliphatic rings. The average molecular weight is 819 g/mol. The van der Waals surface area contributed by atoms with Crippen molar-refractivity contribution in [1.29, 1.82) is 0 Å². The van der Waals surface area contributed by atoms with Crippen LogP contribution in [0.3, 0.4) is 0 Å². The number of carbonyl (C=O) groups excluding carboxylic acids is 2. The van der Waals surface area contributed by atoms with E-state index >= 15 is 0 Å². The first kappa shape index (κ1) is 54.4. The third-order valence-electron chi connectivity index (χ3n) is 9.60. The average Bonchev–Trinajstić information content (AvgIpc) is 3.13. The number of phosphoric acid groups is 1. The predicted molar refractivity (Wildman–Crippen MR) is 227 cm³/mol. The molecular formula is C44H85NO10P+. The maximum atomic E-state index is 12.7. The molecule has 0 radical (unpaired) electrons. The van der Waals surface area contributed by atoms with Gasteiger partial charge in [0.25, 0.3) is 0 Å². The molecule has 0 saturated carbocycles. The lowest BCUT2D eigenvalue weighted by Crippen LogP contribution is -2.37. The fraction of sp³-hybridized carbons (Fsp3) is 0.864. The summed E-state index contributed by atoms with van der Waals surface area (Å²) >= 11 is 0. The van der Waals surface area contributed by atoms with Gasteiger partial charge < -0.3 is 29.1 Å². The molecule has 0 rings (SSSR count). The lowest BCUT2D eigenvalue weighted by atomic mass is 10.1. The summed E-state index contributed by atoms with van der Waals surface area (Å²) in [5.74, 6) is -0.889. The number of aliphatic hydroxyl groups excluding tert-OH is 2. The van der Waals surface area contributed by atoms with E-state index in [4.69, 9.17) is 18.5 Å². The minimum Gasteiger partial charge on any atom is -0.462 e. The van der Waals surface area contributed by atoms with E-state index in [1.165, 1.54) is 38.5 Å². The van der Waals surface area contributed by atoms with E-state index in [0.717, 1.165) is 96.3 Å². The van der Waals surface area contributed by atoms with Crippen LogP contribution in [0.2, 0.25) is 0 Å². The molecular weight excluding hydrogens is 733 g/mol. The molecule has 3 N–H and O–H groups in total. The topological polar surface area (TPSA) is 149 Å². The normalized spacial score (nSPS) is 14.9. The summed E-state index contributed by atoms with van der Waals surface area (Å²) < 4.78 is 34.2. The highest BCUT2D eigenvalue weighted by atomic mass is 31.2. The molecule has 4 atom stereocenters. The highest BCUT2D eigenvalue weighted by Crippen LogP contribution is 2.43. The number of nitrogens with zero attached hydrogens (tertiary/aromatic N) is 1. The maximum absolute atomic E-state index is 12.7. The lowest BCUT2D eigenvalue weighted by molar-refractivity contribution is -0.870. The first-order valence-electron chi connectivity index (χ1n) is 22.2. The molecule has 0 spiro atoms. The number of allylic oxidation sites excluding steroid dienone is 2. The number of rotatable bonds is 40. The first-order valence-corrected chi connectivity index (χ1v) is 23.7. The van der Waals surface area contributed by atoms with Crippen molar-refractivity contribution in [1.82, 2.24) is 0 Å². The number of quaternary nitrogens is 1. The Kier molecular flexibility index (Phi) is 35.5. The van der Waals surface area contributed by atoms with Gasteiger partial charge in [-0.3, -0.25) is 18.6 Å². The number of phosphoric ester groups is 1. The second kappa shape index (κ2) is 36.5. The van der Waals surface area contributed by atoms with Crippen molar-refractivity contribution in [2.45, 2.75) is 199 Å². The van der Waals surface area contributed by atoms with Crippen molar-refractivity contribution in [3.8, 4) is 0 Å². The van der Waals surface area contributed by atoms with Gasteiger partial charge in [0.1, 0.15) is 19.8 Å². The smallest absolute Gasteiger partial charge is 0.462 e. The minimum atomic E-state index is -4.40. The second-order valence-electron chi connectivity index (χ2n) is 16.4. The quantitative estimate of drug-likeness (QED) is 0.0179. The van der Waals surface area contributed by atoms with Crippen molar-refractivity contribution in [2.75, 3.05) is 47.5 Å². The van der Waals surface area contributed by atoms with E-state index < -0.39 is 32.5 Å². The van der Waals surface area contributed by atoms with E-state index in [9.17, 15) is 29.3 Å². The van der Waals surface area contributed by atoms with Crippen molar-refractivity contribution in [2.24, 2.45) is 0 Å². The van der Waals surface area contributed by atoms with Crippen LogP contribution in [0, 0.1) is 0 Å². The SMILES string of the molecule is CCCCCC[C@@H](O)C/C=C/CCCCCCCC(=O)OC[C@@H](COP(=O)(O)OCC[N+](C)(C)C)OC(=O)CCCCCCC/C=C/C[C@H](O)CCCCCC. The standard InChI is InChI=1S/C44H84NO10P/c1-6-8-10-24-30-40(46)32-26-20-16-12-14-18-22-28-34-43(48)52-38-42(39-54-56(50,51)53-37-36-45(3,4)5)55-44(49)35-29-23-19-15-13-17-21-27-33-41(47)31-25-11-9-7-2/h20-21,26-27,40-42,46-47H,6-19,22-25,28-39H2,1-5H3/p+1/b26-20+,27-21+/t40-,41-,42+/m1/s1. The summed E-state index contributed by atoms with van der Waals surface area (Å²) in [7, 11) is 1.40. The van der Waals surface area contributed by atoms with Crippen LogP contribution in [0.4, 0.5) is 0 Å². The third kappa shape index (κ3) is 39.2. The molecule has 0 bridgehead atoms. The number of ether oxygens (including phenoxy) is 2. The van der Waals surface area contributed by atoms with Crippen molar-refractivity contribution in [3.05, 3.63) is 24.3 Å². The zero-order chi connectivity index (χ0) is 41.8. The summed E-state index contributed by atoms with van der Waals surface area (Å²) in [5.41, 5.74) is 0. The lowest BCUT2D eigenvalue weighted by Gasteiger charge is -2.24. The molecule has 0 aromatic carbocycles. The van der Waals surface area contributed by atoms with Gasteiger partial charge in [-0.05, 0) is 64.2 Å². The van der Waals surface area contributed by atoms with Crippen molar-refractivity contribution >= 4 is 19.8 Å². The molecule has 330 valence electrons. The molecule has 1 unspecified atom stereocenters. The largest absolute Gasteiger partial charge is 0.472 e. The van der Waals surface area contributed by atoms with Gasteiger partial charge in [0, 0.05) is 12.8 Å². The van der Waals surface area contributed by atoms with Gasteiger partial charge in [0.2, 0.25) is 0 Å². The van der Waals surface area contributed by atoms with Crippen LogP contribution in [-0.2, 0) is 32.7 Å². The monoisotopic (exact) mass is 819 g/mol. The Morgan fingerprint density at radius 2 is 1.07 bits per heavy atom. The molecule has 0 amide bonds. The number of hydrogen-bond donors (Lipinski definition) is 3. The Balaban J connectivity index is 4.46. The second-order valence-corrected chi connectivity index (χ2v) is 17.9. The number of unbranched alkanes of at least 4 members (excludes halogenated alkanes) is 16. The van der Waals surface area contributed by atoms with Crippen LogP contribution in [0.25, 0.3) is 0 Å². The van der Waals surface area contributed by atoms with Crippen molar-refractivity contribution < 1.29 is 52.3 Å². The zero-order valence-corrected chi connectivity index (χ0v) is 37.2. The highest BCUT2D eigenvalue weighted by molar-refractivity contribution is 7.47. The Labute approximate surface area is 342 Å². The summed E-state index contributed by atoms with van der Waals surface area (Å²) in [5, 5.41) is 20.1. The van der Waals surface area contributed by atoms with E-state index in [1.54, 1.807) is 0 Å². The van der Waals surface area contributed by atoms with Crippen molar-refractivity contribution in [3.63, 3.8) is 0 Å². The van der Waals surface area contributed by atoms with Gasteiger partial charge in [-0.15, -0.1) is 0 Å². The molecule has 0 aliphatic heterocycles. The van der Waals surface area contributed by atoms with Gasteiger partial charge in [-0.2, -0.15) is 0 Å². The predicted octanol–water partition coefficient (Wildman–Crippen LogP) is 10.3. The van der Waals surface area contributed by atoms with Crippen LogP contribution in [-0.4, -0.2) is 97.3 Å². The minimum absolute atomic E-state index is 0.00934. The number of esters is 2. The molecule has 0 heterocycles. The number of carbonyl (C=O) groups is 2. The summed E-state index contributed by atoms with van der Waals surface area (Å²) in [6.07, 6.45) is 31.3. The molecule has 0 saturated heterocycles. The van der Waals surface area contributed by atoms with Crippen LogP contribution < -0.4 is 0 Å². The first-order chi connectivity index (χ1) is 26.8. The molecule has 0 aliphatic carbocycles. The molecule has 11 nitrogen and oxygen atoms in total. The van der Waals surface area contributed by atoms with Gasteiger partial charge in [0.15, 0.2) is 6.10 Å². The van der Waals surface area contributed by atoms with E-state index in [-0.39, 0.29) is 38.3 Å². The fourth-order valence-electron chi connectivity index (χ4n) is 5.98. The Bertz CT molecular complexity index is 1050. The van der Waals surface area contributed by atoms with Gasteiger partial charge >= 0.3 is 19.8 Å². The number of hydrogen-bond acceptors (Lipinski definition) is 9. The number of aliphatic hydroxyl groups is 2. The summed E-state index contributed by atoms with van der Waals surface area (Å²) in [6, 6.07) is 0. The summed E-state index contributed by atoms with van der Waals surface area (Å²) in [6.45, 7) is 4.17. The number of likely N-dealkylation sites (N-methyl/N-ethyl adjacent to an activating group) is 1.